The van der Waals surface area contributed by atoms with E-state index in [1.807, 2.05) is 48.5 Å². The van der Waals surface area contributed by atoms with Gasteiger partial charge in [0.2, 0.25) is 0 Å². The smallest absolute Gasteiger partial charge is 0.123 e. The molecule has 7 aromatic rings. The normalized spacial score (nSPS) is 11.7. The maximum absolute atomic E-state index is 10.6. The standard InChI is InChI=1S/C45H40N4O/c46-45(39-20-12-19-37(29-39)35-15-6-2-7-16-35)49(47-31-33-13-4-1-5-14-33)32-34-23-26-40(27-24-34)48-43-30-38(42-21-10-11-22-44(42)50)25-28-41(43)36-17-8-3-9-18-36/h1-30,45,47-48,50H,31-32,46H2. The Hall–Kier alpha value is -5.98. The molecule has 0 saturated heterocycles. The number of aromatic hydroxyl groups is 1. The summed E-state index contributed by atoms with van der Waals surface area (Å²) in [4.78, 5) is 0. The van der Waals surface area contributed by atoms with E-state index < -0.39 is 0 Å². The molecule has 0 bridgehead atoms. The number of nitrogens with one attached hydrogen (secondary N) is 2. The minimum absolute atomic E-state index is 0.255. The van der Waals surface area contributed by atoms with Crippen LogP contribution in [0.5, 0.6) is 5.75 Å². The zero-order valence-electron chi connectivity index (χ0n) is 27.8. The molecule has 0 heterocycles. The fraction of sp³-hybridized carbons (Fsp3) is 0.0667. The van der Waals surface area contributed by atoms with E-state index in [0.29, 0.717) is 13.1 Å². The molecular formula is C45H40N4O. The molecule has 0 aliphatic heterocycles. The van der Waals surface area contributed by atoms with Crippen LogP contribution in [-0.4, -0.2) is 10.1 Å². The Labute approximate surface area is 294 Å². The van der Waals surface area contributed by atoms with Crippen LogP contribution in [0.1, 0.15) is 22.9 Å². The lowest BCUT2D eigenvalue weighted by Gasteiger charge is -2.30. The summed E-state index contributed by atoms with van der Waals surface area (Å²) in [5.74, 6) is 0.255. The SMILES string of the molecule is NC(c1cccc(-c2ccccc2)c1)N(Cc1ccc(Nc2cc(-c3ccccc3O)ccc2-c2ccccc2)cc1)NCc1ccccc1. The average molecular weight is 653 g/mol. The number of phenols is 1. The Morgan fingerprint density at radius 2 is 1.16 bits per heavy atom. The maximum atomic E-state index is 10.6. The molecule has 0 radical (unpaired) electrons. The summed E-state index contributed by atoms with van der Waals surface area (Å²) >= 11 is 0. The van der Waals surface area contributed by atoms with Crippen LogP contribution >= 0.6 is 0 Å². The monoisotopic (exact) mass is 652 g/mol. The van der Waals surface area contributed by atoms with Gasteiger partial charge in [0.1, 0.15) is 5.75 Å². The van der Waals surface area contributed by atoms with Gasteiger partial charge in [-0.05, 0) is 69.3 Å². The van der Waals surface area contributed by atoms with Crippen molar-refractivity contribution in [1.29, 1.82) is 0 Å². The summed E-state index contributed by atoms with van der Waals surface area (Å²) in [5.41, 5.74) is 22.1. The first-order chi connectivity index (χ1) is 24.6. The number of phenolic OH excluding ortho intramolecular Hbond substituents is 1. The van der Waals surface area contributed by atoms with Gasteiger partial charge >= 0.3 is 0 Å². The van der Waals surface area contributed by atoms with Crippen molar-refractivity contribution in [1.82, 2.24) is 10.4 Å². The van der Waals surface area contributed by atoms with Gasteiger partial charge in [0.05, 0.1) is 6.17 Å². The Kier molecular flexibility index (Phi) is 10.1. The van der Waals surface area contributed by atoms with Crippen molar-refractivity contribution in [2.45, 2.75) is 19.3 Å². The third-order valence-electron chi connectivity index (χ3n) is 8.91. The van der Waals surface area contributed by atoms with Crippen molar-refractivity contribution in [2.75, 3.05) is 5.32 Å². The van der Waals surface area contributed by atoms with Crippen molar-refractivity contribution in [3.8, 4) is 39.1 Å². The van der Waals surface area contributed by atoms with Crippen molar-refractivity contribution in [3.05, 3.63) is 199 Å². The number of benzene rings is 7. The fourth-order valence-electron chi connectivity index (χ4n) is 6.20. The number of anilines is 2. The molecule has 0 spiro atoms. The molecule has 5 nitrogen and oxygen atoms in total. The third kappa shape index (κ3) is 7.83. The molecule has 246 valence electrons. The molecule has 5 heteroatoms. The van der Waals surface area contributed by atoms with Gasteiger partial charge in [0.15, 0.2) is 0 Å². The zero-order valence-corrected chi connectivity index (χ0v) is 27.8. The molecular weight excluding hydrogens is 613 g/mol. The van der Waals surface area contributed by atoms with Crippen molar-refractivity contribution >= 4 is 11.4 Å². The Morgan fingerprint density at radius 1 is 0.520 bits per heavy atom. The largest absolute Gasteiger partial charge is 0.507 e. The molecule has 7 aromatic carbocycles. The van der Waals surface area contributed by atoms with Crippen molar-refractivity contribution in [3.63, 3.8) is 0 Å². The molecule has 0 saturated carbocycles. The lowest BCUT2D eigenvalue weighted by molar-refractivity contribution is 0.113. The molecule has 0 fully saturated rings. The second-order valence-corrected chi connectivity index (χ2v) is 12.4. The molecule has 0 aromatic heterocycles. The predicted molar refractivity (Wildman–Crippen MR) is 206 cm³/mol. The zero-order chi connectivity index (χ0) is 34.1. The number of rotatable bonds is 12. The Balaban J connectivity index is 1.14. The first kappa shape index (κ1) is 32.6. The predicted octanol–water partition coefficient (Wildman–Crippen LogP) is 10.3. The van der Waals surface area contributed by atoms with Crippen molar-refractivity contribution < 1.29 is 5.11 Å². The first-order valence-electron chi connectivity index (χ1n) is 16.9. The lowest BCUT2D eigenvalue weighted by atomic mass is 9.97. The summed E-state index contributed by atoms with van der Waals surface area (Å²) in [6.07, 6.45) is -0.384. The van der Waals surface area contributed by atoms with Gasteiger partial charge in [-0.1, -0.05) is 152 Å². The fourth-order valence-corrected chi connectivity index (χ4v) is 6.20. The van der Waals surface area contributed by atoms with Crippen LogP contribution in [0.25, 0.3) is 33.4 Å². The molecule has 0 aliphatic carbocycles. The Morgan fingerprint density at radius 3 is 1.88 bits per heavy atom. The highest BCUT2D eigenvalue weighted by atomic mass is 16.3. The number of nitrogens with two attached hydrogens (primary N) is 1. The second kappa shape index (κ2) is 15.5. The van der Waals surface area contributed by atoms with Crippen LogP contribution < -0.4 is 16.5 Å². The molecule has 0 amide bonds. The van der Waals surface area contributed by atoms with Crippen LogP contribution in [0.15, 0.2) is 182 Å². The van der Waals surface area contributed by atoms with Crippen LogP contribution in [-0.2, 0) is 13.1 Å². The number of hydrazine groups is 1. The summed E-state index contributed by atoms with van der Waals surface area (Å²) in [6.45, 7) is 1.25. The van der Waals surface area contributed by atoms with Gasteiger partial charge in [-0.15, -0.1) is 0 Å². The number of hydrogen-bond donors (Lipinski definition) is 4. The van der Waals surface area contributed by atoms with Gasteiger partial charge in [0, 0.05) is 35.6 Å². The maximum Gasteiger partial charge on any atom is 0.123 e. The van der Waals surface area contributed by atoms with E-state index in [1.165, 1.54) is 5.56 Å². The number of nitrogens with zero attached hydrogens (tertiary/aromatic N) is 1. The number of para-hydroxylation sites is 1. The van der Waals surface area contributed by atoms with Gasteiger partial charge in [-0.25, -0.2) is 10.4 Å². The second-order valence-electron chi connectivity index (χ2n) is 12.4. The molecule has 5 N–H and O–H groups in total. The Bertz CT molecular complexity index is 2140. The van der Waals surface area contributed by atoms with Gasteiger partial charge in [-0.2, -0.15) is 0 Å². The minimum atomic E-state index is -0.384. The van der Waals surface area contributed by atoms with E-state index in [0.717, 1.165) is 55.9 Å². The topological polar surface area (TPSA) is 73.5 Å². The molecule has 7 rings (SSSR count). The van der Waals surface area contributed by atoms with E-state index in [1.54, 1.807) is 6.07 Å². The van der Waals surface area contributed by atoms with Gasteiger partial charge in [-0.3, -0.25) is 0 Å². The third-order valence-corrected chi connectivity index (χ3v) is 8.91. The average Bonchev–Trinajstić information content (AvgIpc) is 3.18. The van der Waals surface area contributed by atoms with Gasteiger partial charge < -0.3 is 16.2 Å². The van der Waals surface area contributed by atoms with E-state index in [-0.39, 0.29) is 11.9 Å². The van der Waals surface area contributed by atoms with Crippen LogP contribution in [0.3, 0.4) is 0 Å². The van der Waals surface area contributed by atoms with Crippen LogP contribution in [0.2, 0.25) is 0 Å². The molecule has 0 aliphatic rings. The van der Waals surface area contributed by atoms with E-state index in [2.05, 4.69) is 143 Å². The summed E-state index contributed by atoms with van der Waals surface area (Å²) in [7, 11) is 0. The minimum Gasteiger partial charge on any atom is -0.507 e. The number of hydrogen-bond acceptors (Lipinski definition) is 5. The van der Waals surface area contributed by atoms with E-state index in [4.69, 9.17) is 5.73 Å². The van der Waals surface area contributed by atoms with Gasteiger partial charge in [0.25, 0.3) is 0 Å². The highest BCUT2D eigenvalue weighted by Gasteiger charge is 2.18. The summed E-state index contributed by atoms with van der Waals surface area (Å²) in [5, 5.41) is 16.4. The summed E-state index contributed by atoms with van der Waals surface area (Å²) < 4.78 is 0. The van der Waals surface area contributed by atoms with Crippen LogP contribution in [0.4, 0.5) is 11.4 Å². The highest BCUT2D eigenvalue weighted by molar-refractivity contribution is 5.86. The molecule has 1 unspecified atom stereocenters. The van der Waals surface area contributed by atoms with Crippen LogP contribution in [0, 0.1) is 0 Å². The molecule has 1 atom stereocenters. The van der Waals surface area contributed by atoms with Crippen molar-refractivity contribution in [2.24, 2.45) is 5.73 Å². The first-order valence-corrected chi connectivity index (χ1v) is 16.9. The molecule has 50 heavy (non-hydrogen) atoms. The quantitative estimate of drug-likeness (QED) is 0.0781. The van der Waals surface area contributed by atoms with E-state index in [9.17, 15) is 5.11 Å². The lowest BCUT2D eigenvalue weighted by Crippen LogP contribution is -2.43. The highest BCUT2D eigenvalue weighted by Crippen LogP contribution is 2.37. The van der Waals surface area contributed by atoms with E-state index >= 15 is 0 Å². The summed E-state index contributed by atoms with van der Waals surface area (Å²) in [6, 6.07) is 61.8.